The Hall–Kier alpha value is -4.30. The van der Waals surface area contributed by atoms with Crippen LogP contribution in [0.15, 0.2) is 48.5 Å². The van der Waals surface area contributed by atoms with Crippen molar-refractivity contribution >= 4 is 17.6 Å². The van der Waals surface area contributed by atoms with Gasteiger partial charge in [-0.05, 0) is 86.1 Å². The molecular formula is C38H43ClF4N2O7. The number of benzene rings is 2. The Kier molecular flexibility index (Phi) is 15.4. The molecule has 0 spiro atoms. The van der Waals surface area contributed by atoms with Crippen LogP contribution >= 0.6 is 11.6 Å². The molecule has 0 amide bonds. The summed E-state index contributed by atoms with van der Waals surface area (Å²) in [5.74, 6) is -2.94. The Labute approximate surface area is 305 Å². The topological polar surface area (TPSA) is 131 Å². The van der Waals surface area contributed by atoms with E-state index in [1.807, 2.05) is 13.8 Å². The fraction of sp³-hybridized carbons (Fsp3) is 0.395. The molecule has 3 N–H and O–H groups in total. The Balaban J connectivity index is 0.000000259. The van der Waals surface area contributed by atoms with Gasteiger partial charge in [0.2, 0.25) is 11.8 Å². The van der Waals surface area contributed by atoms with Gasteiger partial charge in [-0.15, -0.1) is 0 Å². The van der Waals surface area contributed by atoms with Gasteiger partial charge < -0.3 is 29.5 Å². The van der Waals surface area contributed by atoms with Crippen molar-refractivity contribution in [3.8, 4) is 34.0 Å². The van der Waals surface area contributed by atoms with Crippen LogP contribution in [-0.4, -0.2) is 69.9 Å². The molecular weight excluding hydrogens is 708 g/mol. The summed E-state index contributed by atoms with van der Waals surface area (Å²) < 4.78 is 71.2. The van der Waals surface area contributed by atoms with Crippen molar-refractivity contribution < 1.29 is 51.9 Å². The molecule has 0 aliphatic carbocycles. The first-order chi connectivity index (χ1) is 24.3. The van der Waals surface area contributed by atoms with Gasteiger partial charge in [-0.2, -0.15) is 0 Å². The van der Waals surface area contributed by atoms with Crippen molar-refractivity contribution in [1.82, 2.24) is 9.97 Å². The van der Waals surface area contributed by atoms with Crippen LogP contribution in [0.4, 0.5) is 17.6 Å². The zero-order valence-electron chi connectivity index (χ0n) is 28.4. The van der Waals surface area contributed by atoms with Crippen molar-refractivity contribution in [3.63, 3.8) is 0 Å². The second kappa shape index (κ2) is 19.0. The second-order valence-electron chi connectivity index (χ2n) is 11.9. The molecule has 9 nitrogen and oxygen atoms in total. The summed E-state index contributed by atoms with van der Waals surface area (Å²) >= 11 is 5.99. The highest BCUT2D eigenvalue weighted by molar-refractivity contribution is 6.29. The first-order valence-corrected chi connectivity index (χ1v) is 16.7. The normalized spacial score (nSPS) is 18.4. The highest BCUT2D eigenvalue weighted by atomic mass is 35.5. The molecule has 0 fully saturated rings. The quantitative estimate of drug-likeness (QED) is 0.105. The molecule has 2 aromatic carbocycles. The Morgan fingerprint density at radius 2 is 1.21 bits per heavy atom. The van der Waals surface area contributed by atoms with Crippen LogP contribution in [0.2, 0.25) is 5.15 Å². The fourth-order valence-electron chi connectivity index (χ4n) is 5.72. The number of esters is 1. The van der Waals surface area contributed by atoms with Crippen LogP contribution in [0.5, 0.6) is 11.8 Å². The van der Waals surface area contributed by atoms with Crippen LogP contribution in [0.3, 0.4) is 0 Å². The molecule has 0 saturated carbocycles. The van der Waals surface area contributed by atoms with Gasteiger partial charge in [0.1, 0.15) is 40.6 Å². The van der Waals surface area contributed by atoms with E-state index in [2.05, 4.69) is 9.97 Å². The van der Waals surface area contributed by atoms with Gasteiger partial charge in [0.25, 0.3) is 0 Å². The molecule has 0 saturated heterocycles. The zero-order chi connectivity index (χ0) is 37.4. The minimum absolute atomic E-state index is 0. The SMILES string of the molecule is C.CC1Cc2c(-c3ccc(F)cc3F)cc(Cl)nc2OC1CO.CCO.CCOC(=O)c1cc(-c2ccc(F)cc2F)c2c(n1)OC(CO)C(C)C2. The van der Waals surface area contributed by atoms with E-state index < -0.39 is 35.3 Å². The molecule has 2 aromatic heterocycles. The Morgan fingerprint density at radius 3 is 1.63 bits per heavy atom. The largest absolute Gasteiger partial charge is 0.471 e. The summed E-state index contributed by atoms with van der Waals surface area (Å²) in [4.78, 5) is 20.4. The molecule has 282 valence electrons. The summed E-state index contributed by atoms with van der Waals surface area (Å²) in [5.41, 5.74) is 2.63. The summed E-state index contributed by atoms with van der Waals surface area (Å²) in [6, 6.07) is 9.64. The van der Waals surface area contributed by atoms with Gasteiger partial charge in [-0.3, -0.25) is 0 Å². The molecule has 6 rings (SSSR count). The highest BCUT2D eigenvalue weighted by Gasteiger charge is 2.32. The Bertz CT molecular complexity index is 1850. The molecule has 2 aliphatic heterocycles. The van der Waals surface area contributed by atoms with Crippen LogP contribution in [0.1, 0.15) is 56.7 Å². The van der Waals surface area contributed by atoms with Crippen LogP contribution in [0.25, 0.3) is 22.3 Å². The molecule has 52 heavy (non-hydrogen) atoms. The summed E-state index contributed by atoms with van der Waals surface area (Å²) in [6.45, 7) is 7.25. The number of halogens is 5. The number of carbonyl (C=O) groups is 1. The van der Waals surface area contributed by atoms with Crippen LogP contribution in [0, 0.1) is 35.1 Å². The second-order valence-corrected chi connectivity index (χ2v) is 12.3. The predicted molar refractivity (Wildman–Crippen MR) is 188 cm³/mol. The van der Waals surface area contributed by atoms with Gasteiger partial charge in [-0.25, -0.2) is 32.3 Å². The third-order valence-electron chi connectivity index (χ3n) is 8.28. The lowest BCUT2D eigenvalue weighted by Crippen LogP contribution is -2.35. The number of ether oxygens (including phenoxy) is 3. The van der Waals surface area contributed by atoms with Gasteiger partial charge in [0.15, 0.2) is 5.69 Å². The van der Waals surface area contributed by atoms with Crippen LogP contribution < -0.4 is 9.47 Å². The molecule has 4 atom stereocenters. The number of aliphatic hydroxyl groups is 3. The number of hydrogen-bond acceptors (Lipinski definition) is 9. The molecule has 2 aliphatic rings. The molecule has 0 radical (unpaired) electrons. The molecule has 0 bridgehead atoms. The summed E-state index contributed by atoms with van der Waals surface area (Å²) in [5, 5.41) is 26.5. The predicted octanol–water partition coefficient (Wildman–Crippen LogP) is 7.38. The average Bonchev–Trinajstić information content (AvgIpc) is 3.08. The first-order valence-electron chi connectivity index (χ1n) is 16.3. The number of aliphatic hydroxyl groups excluding tert-OH is 3. The zero-order valence-corrected chi connectivity index (χ0v) is 29.2. The van der Waals surface area contributed by atoms with Gasteiger partial charge >= 0.3 is 5.97 Å². The van der Waals surface area contributed by atoms with E-state index in [-0.39, 0.29) is 79.6 Å². The van der Waals surface area contributed by atoms with Gasteiger partial charge in [0, 0.05) is 41.0 Å². The maximum Gasteiger partial charge on any atom is 0.357 e. The van der Waals surface area contributed by atoms with E-state index in [0.717, 1.165) is 18.2 Å². The number of rotatable bonds is 6. The van der Waals surface area contributed by atoms with Crippen molar-refractivity contribution in [2.24, 2.45) is 11.8 Å². The molecule has 4 unspecified atom stereocenters. The smallest absolute Gasteiger partial charge is 0.357 e. The van der Waals surface area contributed by atoms with E-state index in [9.17, 15) is 32.6 Å². The number of nitrogens with zero attached hydrogens (tertiary/aromatic N) is 2. The van der Waals surface area contributed by atoms with Gasteiger partial charge in [-0.1, -0.05) is 32.9 Å². The standard InChI is InChI=1S/C19H19F2NO4.C16H14ClF2NO2.C2H6O.CH4/c1-3-25-19(24)16-8-13(12-5-4-11(20)7-15(12)21)14-6-10(2)17(9-23)26-18(14)22-16;1-8-4-12-11(10-3-2-9(18)5-13(10)19)6-15(17)20-16(12)22-14(8)7-21;1-2-3;/h4-5,7-8,10,17,23H,3,6,9H2,1-2H3;2-3,5-6,8,14,21H,4,7H2,1H3;3H,2H2,1H3;1H4. The maximum atomic E-state index is 14.4. The molecule has 14 heteroatoms. The molecule has 4 heterocycles. The monoisotopic (exact) mass is 750 g/mol. The maximum absolute atomic E-state index is 14.4. The van der Waals surface area contributed by atoms with E-state index in [1.165, 1.54) is 24.3 Å². The van der Waals surface area contributed by atoms with Crippen molar-refractivity contribution in [2.45, 2.75) is 60.2 Å². The lowest BCUT2D eigenvalue weighted by Gasteiger charge is -2.31. The number of hydrogen-bond donors (Lipinski definition) is 3. The minimum Gasteiger partial charge on any atom is -0.471 e. The lowest BCUT2D eigenvalue weighted by atomic mass is 9.88. The Morgan fingerprint density at radius 1 is 0.769 bits per heavy atom. The number of fused-ring (bicyclic) bond motifs is 2. The minimum atomic E-state index is -0.745. The first kappa shape index (κ1) is 42.1. The van der Waals surface area contributed by atoms with Crippen molar-refractivity contribution in [2.75, 3.05) is 26.4 Å². The number of carbonyl (C=O) groups excluding carboxylic acids is 1. The highest BCUT2D eigenvalue weighted by Crippen LogP contribution is 2.40. The number of aromatic nitrogens is 2. The summed E-state index contributed by atoms with van der Waals surface area (Å²) in [6.07, 6.45) is 0.197. The van der Waals surface area contributed by atoms with Gasteiger partial charge in [0.05, 0.1) is 19.8 Å². The molecule has 4 aromatic rings. The van der Waals surface area contributed by atoms with E-state index in [0.29, 0.717) is 41.0 Å². The average molecular weight is 751 g/mol. The van der Waals surface area contributed by atoms with Crippen LogP contribution in [-0.2, 0) is 17.6 Å². The summed E-state index contributed by atoms with van der Waals surface area (Å²) in [7, 11) is 0. The third-order valence-corrected chi connectivity index (χ3v) is 8.47. The van der Waals surface area contributed by atoms with Crippen molar-refractivity contribution in [3.05, 3.63) is 93.8 Å². The van der Waals surface area contributed by atoms with Crippen molar-refractivity contribution in [1.29, 1.82) is 0 Å². The van der Waals surface area contributed by atoms with E-state index in [1.54, 1.807) is 19.9 Å². The fourth-order valence-corrected chi connectivity index (χ4v) is 5.91. The third kappa shape index (κ3) is 9.77. The van der Waals surface area contributed by atoms with E-state index in [4.69, 9.17) is 30.9 Å². The lowest BCUT2D eigenvalue weighted by molar-refractivity contribution is 0.0491. The van der Waals surface area contributed by atoms with E-state index >= 15 is 0 Å². The number of pyridine rings is 2.